The zero-order chi connectivity index (χ0) is 11.7. The highest BCUT2D eigenvalue weighted by molar-refractivity contribution is 6.32. The third-order valence-corrected chi connectivity index (χ3v) is 3.35. The van der Waals surface area contributed by atoms with Crippen molar-refractivity contribution in [3.63, 3.8) is 0 Å². The standard InChI is InChI=1S/C13H14ClNO/c1-3-9-8-15(2)5-4-10-6-12(14)13(16)7-11(9)10/h1,6-7,9,16H,4-5,8H2,2H3/t9-/m0/s1. The average molecular weight is 236 g/mol. The van der Waals surface area contributed by atoms with Gasteiger partial charge in [0.15, 0.2) is 0 Å². The van der Waals surface area contributed by atoms with E-state index in [0.29, 0.717) is 5.02 Å². The first kappa shape index (κ1) is 11.3. The first-order chi connectivity index (χ1) is 7.61. The molecule has 0 saturated carbocycles. The van der Waals surface area contributed by atoms with Gasteiger partial charge in [-0.15, -0.1) is 6.42 Å². The summed E-state index contributed by atoms with van der Waals surface area (Å²) in [5.74, 6) is 2.93. The van der Waals surface area contributed by atoms with E-state index in [0.717, 1.165) is 30.6 Å². The lowest BCUT2D eigenvalue weighted by atomic mass is 9.94. The van der Waals surface area contributed by atoms with E-state index < -0.39 is 0 Å². The van der Waals surface area contributed by atoms with Crippen molar-refractivity contribution >= 4 is 11.6 Å². The zero-order valence-corrected chi connectivity index (χ0v) is 9.96. The number of rotatable bonds is 0. The van der Waals surface area contributed by atoms with Gasteiger partial charge < -0.3 is 10.0 Å². The molecule has 0 spiro atoms. The molecule has 2 nitrogen and oxygen atoms in total. The Labute approximate surface area is 101 Å². The van der Waals surface area contributed by atoms with E-state index in [1.165, 1.54) is 0 Å². The fourth-order valence-electron chi connectivity index (χ4n) is 2.12. The lowest BCUT2D eigenvalue weighted by Gasteiger charge is -2.16. The second-order valence-electron chi connectivity index (χ2n) is 4.23. The highest BCUT2D eigenvalue weighted by atomic mass is 35.5. The minimum Gasteiger partial charge on any atom is -0.506 e. The minimum absolute atomic E-state index is 0.0330. The molecule has 1 aliphatic rings. The van der Waals surface area contributed by atoms with Gasteiger partial charge in [0.2, 0.25) is 0 Å². The number of likely N-dealkylation sites (N-methyl/N-ethyl adjacent to an activating group) is 1. The van der Waals surface area contributed by atoms with Gasteiger partial charge >= 0.3 is 0 Å². The summed E-state index contributed by atoms with van der Waals surface area (Å²) in [4.78, 5) is 2.20. The van der Waals surface area contributed by atoms with E-state index >= 15 is 0 Å². The van der Waals surface area contributed by atoms with Crippen LogP contribution in [-0.2, 0) is 6.42 Å². The van der Waals surface area contributed by atoms with Gasteiger partial charge in [0, 0.05) is 13.1 Å². The summed E-state index contributed by atoms with van der Waals surface area (Å²) >= 11 is 5.91. The van der Waals surface area contributed by atoms with Crippen molar-refractivity contribution in [3.05, 3.63) is 28.3 Å². The van der Waals surface area contributed by atoms with Crippen LogP contribution in [0.5, 0.6) is 5.75 Å². The van der Waals surface area contributed by atoms with Crippen LogP contribution in [0.2, 0.25) is 5.02 Å². The summed E-state index contributed by atoms with van der Waals surface area (Å²) in [6.07, 6.45) is 6.47. The molecule has 2 rings (SSSR count). The predicted octanol–water partition coefficient (Wildman–Crippen LogP) is 2.25. The van der Waals surface area contributed by atoms with Crippen molar-refractivity contribution in [1.82, 2.24) is 4.90 Å². The molecule has 84 valence electrons. The van der Waals surface area contributed by atoms with E-state index in [9.17, 15) is 5.11 Å². The van der Waals surface area contributed by atoms with Gasteiger partial charge in [-0.3, -0.25) is 0 Å². The molecule has 0 fully saturated rings. The summed E-state index contributed by atoms with van der Waals surface area (Å²) in [5.41, 5.74) is 2.18. The van der Waals surface area contributed by atoms with Crippen LogP contribution in [0.25, 0.3) is 0 Å². The molecule has 0 unspecified atom stereocenters. The molecule has 1 aliphatic heterocycles. The average Bonchev–Trinajstić information content (AvgIpc) is 2.40. The van der Waals surface area contributed by atoms with Crippen molar-refractivity contribution in [2.75, 3.05) is 20.1 Å². The Kier molecular flexibility index (Phi) is 3.09. The third-order valence-electron chi connectivity index (χ3n) is 3.04. The van der Waals surface area contributed by atoms with Crippen LogP contribution in [0.3, 0.4) is 0 Å². The number of nitrogens with zero attached hydrogens (tertiary/aromatic N) is 1. The number of terminal acetylenes is 1. The molecule has 0 amide bonds. The molecule has 3 heteroatoms. The van der Waals surface area contributed by atoms with Crippen LogP contribution >= 0.6 is 11.6 Å². The Morgan fingerprint density at radius 1 is 1.56 bits per heavy atom. The Bertz CT molecular complexity index is 450. The van der Waals surface area contributed by atoms with E-state index in [1.807, 2.05) is 6.07 Å². The topological polar surface area (TPSA) is 23.5 Å². The van der Waals surface area contributed by atoms with Crippen LogP contribution in [0.4, 0.5) is 0 Å². The maximum Gasteiger partial charge on any atom is 0.134 e. The predicted molar refractivity (Wildman–Crippen MR) is 65.9 cm³/mol. The Morgan fingerprint density at radius 3 is 3.00 bits per heavy atom. The number of halogens is 1. The Balaban J connectivity index is 2.50. The SMILES string of the molecule is C#C[C@H]1CN(C)CCc2cc(Cl)c(O)cc21. The van der Waals surface area contributed by atoms with Crippen molar-refractivity contribution < 1.29 is 5.11 Å². The second kappa shape index (κ2) is 4.37. The van der Waals surface area contributed by atoms with E-state index in [4.69, 9.17) is 18.0 Å². The molecule has 1 aromatic rings. The number of aromatic hydroxyl groups is 1. The van der Waals surface area contributed by atoms with Gasteiger partial charge in [0.1, 0.15) is 5.75 Å². The number of benzene rings is 1. The minimum atomic E-state index is 0.0330. The van der Waals surface area contributed by atoms with Crippen molar-refractivity contribution in [3.8, 4) is 18.1 Å². The van der Waals surface area contributed by atoms with Crippen LogP contribution in [0.15, 0.2) is 12.1 Å². The summed E-state index contributed by atoms with van der Waals surface area (Å²) in [6.45, 7) is 1.79. The number of hydrogen-bond acceptors (Lipinski definition) is 2. The van der Waals surface area contributed by atoms with Gasteiger partial charge in [-0.2, -0.15) is 0 Å². The molecule has 1 atom stereocenters. The Hall–Kier alpha value is -1.17. The van der Waals surface area contributed by atoms with Crippen molar-refractivity contribution in [2.45, 2.75) is 12.3 Å². The van der Waals surface area contributed by atoms with E-state index in [2.05, 4.69) is 17.9 Å². The molecule has 0 aliphatic carbocycles. The van der Waals surface area contributed by atoms with Gasteiger partial charge in [0.25, 0.3) is 0 Å². The molecular weight excluding hydrogens is 222 g/mol. The second-order valence-corrected chi connectivity index (χ2v) is 4.64. The first-order valence-corrected chi connectivity index (χ1v) is 5.65. The summed E-state index contributed by atoms with van der Waals surface area (Å²) in [6, 6.07) is 3.54. The highest BCUT2D eigenvalue weighted by Crippen LogP contribution is 2.33. The van der Waals surface area contributed by atoms with Crippen LogP contribution in [-0.4, -0.2) is 30.1 Å². The molecule has 0 radical (unpaired) electrons. The smallest absolute Gasteiger partial charge is 0.134 e. The third kappa shape index (κ3) is 2.02. The van der Waals surface area contributed by atoms with Gasteiger partial charge in [-0.1, -0.05) is 17.5 Å². The molecule has 1 aromatic carbocycles. The molecule has 16 heavy (non-hydrogen) atoms. The van der Waals surface area contributed by atoms with Crippen LogP contribution in [0, 0.1) is 12.3 Å². The summed E-state index contributed by atoms with van der Waals surface area (Å²) in [5, 5.41) is 10.0. The normalized spacial score (nSPS) is 20.9. The number of phenolic OH excluding ortho intramolecular Hbond substituents is 1. The number of fused-ring (bicyclic) bond motifs is 1. The lowest BCUT2D eigenvalue weighted by molar-refractivity contribution is 0.343. The highest BCUT2D eigenvalue weighted by Gasteiger charge is 2.21. The van der Waals surface area contributed by atoms with E-state index in [-0.39, 0.29) is 11.7 Å². The molecular formula is C13H14ClNO. The molecule has 1 N–H and O–H groups in total. The first-order valence-electron chi connectivity index (χ1n) is 5.27. The number of phenols is 1. The Morgan fingerprint density at radius 2 is 2.31 bits per heavy atom. The van der Waals surface area contributed by atoms with E-state index in [1.54, 1.807) is 6.07 Å². The van der Waals surface area contributed by atoms with Gasteiger partial charge in [0.05, 0.1) is 10.9 Å². The maximum atomic E-state index is 9.63. The van der Waals surface area contributed by atoms with Gasteiger partial charge in [-0.05, 0) is 36.7 Å². The zero-order valence-electron chi connectivity index (χ0n) is 9.20. The summed E-state index contributed by atoms with van der Waals surface area (Å²) < 4.78 is 0. The van der Waals surface area contributed by atoms with Crippen LogP contribution < -0.4 is 0 Å². The van der Waals surface area contributed by atoms with Crippen molar-refractivity contribution in [2.24, 2.45) is 0 Å². The fourth-order valence-corrected chi connectivity index (χ4v) is 2.30. The molecule has 0 saturated heterocycles. The maximum absolute atomic E-state index is 9.63. The van der Waals surface area contributed by atoms with Gasteiger partial charge in [-0.25, -0.2) is 0 Å². The molecule has 0 aromatic heterocycles. The molecule has 0 bridgehead atoms. The molecule has 1 heterocycles. The fraction of sp³-hybridized carbons (Fsp3) is 0.385. The summed E-state index contributed by atoms with van der Waals surface area (Å²) in [7, 11) is 2.05. The quantitative estimate of drug-likeness (QED) is 0.698. The van der Waals surface area contributed by atoms with Crippen LogP contribution in [0.1, 0.15) is 17.0 Å². The monoisotopic (exact) mass is 235 g/mol. The largest absolute Gasteiger partial charge is 0.506 e. The lowest BCUT2D eigenvalue weighted by Crippen LogP contribution is -2.23. The number of hydrogen-bond donors (Lipinski definition) is 1. The van der Waals surface area contributed by atoms with Crippen molar-refractivity contribution in [1.29, 1.82) is 0 Å².